The Morgan fingerprint density at radius 2 is 1.52 bits per heavy atom. The van der Waals surface area contributed by atoms with Crippen LogP contribution in [-0.4, -0.2) is 80.1 Å². The Labute approximate surface area is 360 Å². The largest absolute Gasteiger partial charge is 0.497 e. The number of aryl methyl sites for hydroxylation is 1. The van der Waals surface area contributed by atoms with Crippen molar-refractivity contribution in [1.29, 1.82) is 0 Å². The van der Waals surface area contributed by atoms with Crippen LogP contribution in [0.2, 0.25) is 0 Å². The molecule has 334 valence electrons. The van der Waals surface area contributed by atoms with Crippen LogP contribution >= 0.6 is 0 Å². The highest BCUT2D eigenvalue weighted by Crippen LogP contribution is 2.46. The molecule has 0 spiro atoms. The summed E-state index contributed by atoms with van der Waals surface area (Å²) in [5, 5.41) is -0.473. The van der Waals surface area contributed by atoms with Crippen LogP contribution < -0.4 is 19.3 Å². The lowest BCUT2D eigenvalue weighted by Gasteiger charge is -2.34. The van der Waals surface area contributed by atoms with Crippen molar-refractivity contribution in [2.45, 2.75) is 115 Å². The minimum atomic E-state index is -4.97. The summed E-state index contributed by atoms with van der Waals surface area (Å²) in [7, 11) is -0.950. The van der Waals surface area contributed by atoms with Gasteiger partial charge >= 0.3 is 12.3 Å². The Hall–Kier alpha value is -5.16. The second-order valence-electron chi connectivity index (χ2n) is 17.0. The van der Waals surface area contributed by atoms with Crippen LogP contribution in [0.15, 0.2) is 59.8 Å². The number of nitrogens with zero attached hydrogens (tertiary/aromatic N) is 5. The molecular weight excluding hydrogens is 831 g/mol. The van der Waals surface area contributed by atoms with Crippen molar-refractivity contribution in [3.63, 3.8) is 0 Å². The Bertz CT molecular complexity index is 2340. The van der Waals surface area contributed by atoms with Gasteiger partial charge in [0.2, 0.25) is 15.0 Å². The molecule has 4 heterocycles. The molecule has 4 aromatic rings. The van der Waals surface area contributed by atoms with Gasteiger partial charge in [0.25, 0.3) is 0 Å². The molecule has 62 heavy (non-hydrogen) atoms. The van der Waals surface area contributed by atoms with Gasteiger partial charge in [-0.2, -0.15) is 13.2 Å². The SMILES string of the molecule is CCS(=O)(=O)c1nc2c(c(N3CC[C@H]4CC[C@@H](C3)N4C(=O)OC(C)(C)C)n1)COC(c1c(F)c(N(Cc3ccc(OC)cc3)Cc3ccc(OC)cc3)cc(C)c1C(F)(F)F)C2. The number of aromatic nitrogens is 2. The number of carbonyl (C=O) groups is 1. The smallest absolute Gasteiger partial charge is 0.417 e. The fraction of sp³-hybridized carbons (Fsp3) is 0.489. The average molecular weight is 884 g/mol. The van der Waals surface area contributed by atoms with Crippen molar-refractivity contribution in [2.75, 3.05) is 42.9 Å². The first-order valence-corrected chi connectivity index (χ1v) is 22.4. The summed E-state index contributed by atoms with van der Waals surface area (Å²) < 4.78 is 112. The molecule has 2 saturated heterocycles. The highest BCUT2D eigenvalue weighted by atomic mass is 32.2. The summed E-state index contributed by atoms with van der Waals surface area (Å²) in [5.74, 6) is 0.0475. The maximum absolute atomic E-state index is 17.5. The van der Waals surface area contributed by atoms with E-state index in [0.29, 0.717) is 43.0 Å². The number of hydrogen-bond acceptors (Lipinski definition) is 11. The van der Waals surface area contributed by atoms with Gasteiger partial charge < -0.3 is 33.6 Å². The van der Waals surface area contributed by atoms with Gasteiger partial charge in [0, 0.05) is 49.8 Å². The molecule has 0 saturated carbocycles. The number of anilines is 2. The number of fused-ring (bicyclic) bond motifs is 3. The first-order valence-electron chi connectivity index (χ1n) is 20.7. The number of alkyl halides is 3. The van der Waals surface area contributed by atoms with Crippen LogP contribution in [0, 0.1) is 12.7 Å². The van der Waals surface area contributed by atoms with Crippen molar-refractivity contribution >= 4 is 27.4 Å². The molecule has 0 radical (unpaired) electrons. The van der Waals surface area contributed by atoms with E-state index in [9.17, 15) is 13.2 Å². The van der Waals surface area contributed by atoms with Gasteiger partial charge in [0.05, 0.1) is 55.7 Å². The van der Waals surface area contributed by atoms with Crippen LogP contribution in [0.1, 0.15) is 92.1 Å². The van der Waals surface area contributed by atoms with Crippen LogP contribution in [0.25, 0.3) is 0 Å². The lowest BCUT2D eigenvalue weighted by molar-refractivity contribution is -0.140. The molecule has 7 rings (SSSR count). The molecule has 2 fully saturated rings. The van der Waals surface area contributed by atoms with Crippen molar-refractivity contribution in [3.05, 3.63) is 99.5 Å². The topological polar surface area (TPSA) is 124 Å². The van der Waals surface area contributed by atoms with E-state index in [1.54, 1.807) is 79.1 Å². The van der Waals surface area contributed by atoms with E-state index in [0.717, 1.165) is 17.5 Å². The van der Waals surface area contributed by atoms with Gasteiger partial charge in [0.1, 0.15) is 22.9 Å². The maximum Gasteiger partial charge on any atom is 0.417 e. The predicted octanol–water partition coefficient (Wildman–Crippen LogP) is 8.75. The van der Waals surface area contributed by atoms with Gasteiger partial charge in [-0.25, -0.2) is 27.6 Å². The van der Waals surface area contributed by atoms with Gasteiger partial charge in [-0.05, 0) is 94.0 Å². The van der Waals surface area contributed by atoms with E-state index in [-0.39, 0.29) is 66.7 Å². The molecule has 1 unspecified atom stereocenters. The number of methoxy groups -OCH3 is 2. The summed E-state index contributed by atoms with van der Waals surface area (Å²) in [6.07, 6.45) is -5.24. The predicted molar refractivity (Wildman–Crippen MR) is 225 cm³/mol. The molecule has 3 aliphatic heterocycles. The summed E-state index contributed by atoms with van der Waals surface area (Å²) in [5.41, 5.74) is -0.773. The molecule has 3 atom stereocenters. The second kappa shape index (κ2) is 17.5. The fourth-order valence-electron chi connectivity index (χ4n) is 8.66. The Kier molecular flexibility index (Phi) is 12.7. The number of hydrogen-bond donors (Lipinski definition) is 0. The number of amides is 1. The summed E-state index contributed by atoms with van der Waals surface area (Å²) >= 11 is 0. The molecule has 0 N–H and O–H groups in total. The van der Waals surface area contributed by atoms with Gasteiger partial charge in [0.15, 0.2) is 5.82 Å². The molecule has 0 aliphatic carbocycles. The standard InChI is InChI=1S/C45H53F4N5O7S/c1-8-62(56,57)42-50-35-22-37(60-26-34(35)41(51-42)52-20-19-30-13-14-31(25-52)54(30)43(55)61-44(3,4)5)38-39(45(47,48)49)27(2)21-36(40(38)46)53(23-28-9-15-32(58-6)16-10-28)24-29-11-17-33(59-7)18-12-29/h9-12,15-18,21,30-31,37H,8,13-14,19-20,22-26H2,1-7H3/t30-,31+,37?/m1/s1. The minimum absolute atomic E-state index is 0.0710. The maximum atomic E-state index is 17.5. The number of benzene rings is 3. The van der Waals surface area contributed by atoms with Crippen molar-refractivity contribution in [1.82, 2.24) is 14.9 Å². The van der Waals surface area contributed by atoms with E-state index in [4.69, 9.17) is 18.9 Å². The first kappa shape index (κ1) is 44.9. The molecular formula is C45H53F4N5O7S. The molecule has 2 bridgehead atoms. The molecule has 1 aromatic heterocycles. The first-order chi connectivity index (χ1) is 29.3. The third-order valence-corrected chi connectivity index (χ3v) is 13.2. The normalized spacial score (nSPS) is 19.2. The van der Waals surface area contributed by atoms with Crippen molar-refractivity contribution in [2.24, 2.45) is 0 Å². The van der Waals surface area contributed by atoms with Crippen LogP contribution in [-0.2, 0) is 51.6 Å². The zero-order valence-corrected chi connectivity index (χ0v) is 36.8. The Balaban J connectivity index is 1.30. The lowest BCUT2D eigenvalue weighted by Crippen LogP contribution is -2.45. The summed E-state index contributed by atoms with van der Waals surface area (Å²) in [6, 6.07) is 15.1. The van der Waals surface area contributed by atoms with Crippen LogP contribution in [0.3, 0.4) is 0 Å². The average Bonchev–Trinajstić information content (AvgIpc) is 3.53. The zero-order valence-electron chi connectivity index (χ0n) is 36.0. The highest BCUT2D eigenvalue weighted by Gasteiger charge is 2.45. The van der Waals surface area contributed by atoms with E-state index in [2.05, 4.69) is 9.97 Å². The molecule has 12 nitrogen and oxygen atoms in total. The van der Waals surface area contributed by atoms with Crippen molar-refractivity contribution in [3.8, 4) is 11.5 Å². The van der Waals surface area contributed by atoms with Crippen LogP contribution in [0.4, 0.5) is 33.9 Å². The van der Waals surface area contributed by atoms with E-state index < -0.39 is 55.9 Å². The number of carbonyl (C=O) groups excluding carboxylic acids is 1. The van der Waals surface area contributed by atoms with Gasteiger partial charge in [-0.1, -0.05) is 31.2 Å². The number of ether oxygens (including phenoxy) is 4. The molecule has 17 heteroatoms. The molecule has 3 aromatic carbocycles. The second-order valence-corrected chi connectivity index (χ2v) is 19.2. The van der Waals surface area contributed by atoms with E-state index in [1.807, 2.05) is 4.90 Å². The molecule has 3 aliphatic rings. The highest BCUT2D eigenvalue weighted by molar-refractivity contribution is 7.91. The zero-order chi connectivity index (χ0) is 44.7. The number of sulfone groups is 1. The number of halogens is 4. The van der Waals surface area contributed by atoms with Gasteiger partial charge in [-0.15, -0.1) is 0 Å². The van der Waals surface area contributed by atoms with Crippen LogP contribution in [0.5, 0.6) is 11.5 Å². The Morgan fingerprint density at radius 3 is 2.06 bits per heavy atom. The number of rotatable bonds is 11. The third-order valence-electron chi connectivity index (χ3n) is 11.7. The lowest BCUT2D eigenvalue weighted by atomic mass is 9.90. The third kappa shape index (κ3) is 9.43. The van der Waals surface area contributed by atoms with E-state index in [1.165, 1.54) is 34.1 Å². The van der Waals surface area contributed by atoms with E-state index >= 15 is 17.6 Å². The summed E-state index contributed by atoms with van der Waals surface area (Å²) in [6.45, 7) is 8.81. The monoisotopic (exact) mass is 883 g/mol. The summed E-state index contributed by atoms with van der Waals surface area (Å²) in [4.78, 5) is 27.7. The van der Waals surface area contributed by atoms with Gasteiger partial charge in [-0.3, -0.25) is 0 Å². The fourth-order valence-corrected chi connectivity index (χ4v) is 9.40. The molecule has 1 amide bonds. The minimum Gasteiger partial charge on any atom is -0.497 e. The Morgan fingerprint density at radius 1 is 0.919 bits per heavy atom. The quantitative estimate of drug-likeness (QED) is 0.106. The van der Waals surface area contributed by atoms with Crippen molar-refractivity contribution < 1.29 is 49.7 Å².